The molecule has 1 N–H and O–H groups in total. The number of carbonyl (C=O) groups is 1. The lowest BCUT2D eigenvalue weighted by Gasteiger charge is -2.10. The molecule has 20 heavy (non-hydrogen) atoms. The Kier molecular flexibility index (Phi) is 3.92. The quantitative estimate of drug-likeness (QED) is 0.878. The van der Waals surface area contributed by atoms with Crippen LogP contribution < -0.4 is 5.32 Å². The molecule has 0 spiro atoms. The predicted molar refractivity (Wildman–Crippen MR) is 82.9 cm³/mol. The first-order valence-electron chi connectivity index (χ1n) is 5.99. The van der Waals surface area contributed by atoms with Crippen molar-refractivity contribution in [3.05, 3.63) is 40.5 Å². The second kappa shape index (κ2) is 5.68. The number of alkyl halides is 1. The molecule has 4 nitrogen and oxygen atoms in total. The van der Waals surface area contributed by atoms with E-state index in [1.807, 2.05) is 12.1 Å². The monoisotopic (exact) mass is 327 g/mol. The number of aromatic nitrogens is 2. The molecular formula is C13H11Cl2N3OS. The van der Waals surface area contributed by atoms with Gasteiger partial charge >= 0.3 is 0 Å². The summed E-state index contributed by atoms with van der Waals surface area (Å²) < 4.78 is 1.74. The van der Waals surface area contributed by atoms with E-state index in [-0.39, 0.29) is 11.8 Å². The molecule has 2 heterocycles. The number of fused-ring (bicyclic) bond motifs is 1. The van der Waals surface area contributed by atoms with Gasteiger partial charge < -0.3 is 5.32 Å². The van der Waals surface area contributed by atoms with Crippen LogP contribution in [0.4, 0.5) is 5.82 Å². The van der Waals surface area contributed by atoms with Crippen molar-refractivity contribution in [3.63, 3.8) is 0 Å². The number of carbonyl (C=O) groups excluding carboxylic acids is 1. The maximum atomic E-state index is 11.6. The number of hydrogen-bond donors (Lipinski definition) is 1. The van der Waals surface area contributed by atoms with Crippen molar-refractivity contribution in [1.82, 2.24) is 9.78 Å². The van der Waals surface area contributed by atoms with E-state index >= 15 is 0 Å². The highest BCUT2D eigenvalue weighted by Gasteiger charge is 2.24. The normalized spacial score (nSPS) is 13.3. The van der Waals surface area contributed by atoms with Crippen molar-refractivity contribution in [2.45, 2.75) is 11.5 Å². The molecule has 1 aromatic carbocycles. The number of halogens is 2. The third-order valence-electron chi connectivity index (χ3n) is 3.00. The average Bonchev–Trinajstić information content (AvgIpc) is 3.02. The Morgan fingerprint density at radius 2 is 2.10 bits per heavy atom. The van der Waals surface area contributed by atoms with Gasteiger partial charge in [-0.2, -0.15) is 16.9 Å². The minimum atomic E-state index is -0.235. The maximum absolute atomic E-state index is 11.6. The Balaban J connectivity index is 2.06. The molecule has 1 aromatic heterocycles. The van der Waals surface area contributed by atoms with E-state index in [0.717, 1.165) is 28.5 Å². The highest BCUT2D eigenvalue weighted by molar-refractivity contribution is 7.98. The molecule has 0 aliphatic carbocycles. The van der Waals surface area contributed by atoms with E-state index in [0.29, 0.717) is 10.8 Å². The van der Waals surface area contributed by atoms with Crippen molar-refractivity contribution in [2.75, 3.05) is 11.2 Å². The zero-order valence-electron chi connectivity index (χ0n) is 10.4. The first kappa shape index (κ1) is 13.8. The smallest absolute Gasteiger partial charge is 0.240 e. The van der Waals surface area contributed by atoms with Crippen LogP contribution in [0.15, 0.2) is 24.3 Å². The molecular weight excluding hydrogens is 317 g/mol. The molecule has 2 aromatic rings. The van der Waals surface area contributed by atoms with Crippen LogP contribution in [0.25, 0.3) is 5.69 Å². The van der Waals surface area contributed by atoms with Crippen LogP contribution >= 0.6 is 35.0 Å². The fraction of sp³-hybridized carbons (Fsp3) is 0.231. The number of amides is 1. The minimum absolute atomic E-state index is 0.0757. The Labute approximate surface area is 130 Å². The van der Waals surface area contributed by atoms with E-state index in [4.69, 9.17) is 23.2 Å². The van der Waals surface area contributed by atoms with Crippen molar-refractivity contribution in [3.8, 4) is 5.69 Å². The number of rotatable bonds is 3. The fourth-order valence-electron chi connectivity index (χ4n) is 2.08. The summed E-state index contributed by atoms with van der Waals surface area (Å²) in [5.74, 6) is 2.10. The first-order valence-corrected chi connectivity index (χ1v) is 8.06. The van der Waals surface area contributed by atoms with Crippen molar-refractivity contribution in [1.29, 1.82) is 0 Å². The van der Waals surface area contributed by atoms with Gasteiger partial charge in [0.05, 0.1) is 11.4 Å². The van der Waals surface area contributed by atoms with Gasteiger partial charge in [-0.3, -0.25) is 4.79 Å². The van der Waals surface area contributed by atoms with Crippen LogP contribution in [-0.2, 0) is 16.3 Å². The maximum Gasteiger partial charge on any atom is 0.240 e. The summed E-state index contributed by atoms with van der Waals surface area (Å²) in [5, 5.41) is 8.07. The third-order valence-corrected chi connectivity index (χ3v) is 4.47. The molecule has 104 valence electrons. The summed E-state index contributed by atoms with van der Waals surface area (Å²) in [4.78, 5) is 11.6. The van der Waals surface area contributed by atoms with Crippen LogP contribution in [0.1, 0.15) is 11.3 Å². The Bertz CT molecular complexity index is 654. The summed E-state index contributed by atoms with van der Waals surface area (Å²) in [5.41, 5.74) is 2.94. The van der Waals surface area contributed by atoms with Crippen molar-refractivity contribution in [2.24, 2.45) is 0 Å². The van der Waals surface area contributed by atoms with E-state index in [1.54, 1.807) is 28.6 Å². The Morgan fingerprint density at radius 1 is 1.35 bits per heavy atom. The zero-order chi connectivity index (χ0) is 14.1. The molecule has 0 atom stereocenters. The molecule has 0 saturated heterocycles. The van der Waals surface area contributed by atoms with Crippen LogP contribution in [0, 0.1) is 0 Å². The second-order valence-corrected chi connectivity index (χ2v) is 6.03. The van der Waals surface area contributed by atoms with Crippen LogP contribution in [-0.4, -0.2) is 21.6 Å². The third kappa shape index (κ3) is 2.53. The second-order valence-electron chi connectivity index (χ2n) is 4.34. The highest BCUT2D eigenvalue weighted by atomic mass is 35.5. The van der Waals surface area contributed by atoms with Gasteiger partial charge in [-0.05, 0) is 24.3 Å². The van der Waals surface area contributed by atoms with E-state index in [1.165, 1.54) is 0 Å². The molecule has 1 amide bonds. The molecule has 0 bridgehead atoms. The van der Waals surface area contributed by atoms with Crippen LogP contribution in [0.2, 0.25) is 5.02 Å². The highest BCUT2D eigenvalue weighted by Crippen LogP contribution is 2.36. The number of nitrogens with zero attached hydrogens (tertiary/aromatic N) is 2. The number of hydrogen-bond acceptors (Lipinski definition) is 3. The molecule has 0 radical (unpaired) electrons. The molecule has 0 fully saturated rings. The largest absolute Gasteiger partial charge is 0.309 e. The van der Waals surface area contributed by atoms with Gasteiger partial charge in [-0.15, -0.1) is 11.6 Å². The van der Waals surface area contributed by atoms with E-state index in [2.05, 4.69) is 10.4 Å². The van der Waals surface area contributed by atoms with Gasteiger partial charge in [-0.1, -0.05) is 11.6 Å². The molecule has 1 aliphatic heterocycles. The standard InChI is InChI=1S/C13H11Cl2N3OS/c14-5-12(19)16-13-10-6-20-7-11(10)17-18(13)9-3-1-8(15)2-4-9/h1-4H,5-7H2,(H,16,19). The molecule has 1 aliphatic rings. The van der Waals surface area contributed by atoms with Gasteiger partial charge in [0.2, 0.25) is 5.91 Å². The van der Waals surface area contributed by atoms with Gasteiger partial charge in [0, 0.05) is 22.1 Å². The zero-order valence-corrected chi connectivity index (χ0v) is 12.7. The van der Waals surface area contributed by atoms with E-state index in [9.17, 15) is 4.79 Å². The molecule has 0 saturated carbocycles. The fourth-order valence-corrected chi connectivity index (χ4v) is 3.30. The van der Waals surface area contributed by atoms with Gasteiger partial charge in [0.1, 0.15) is 11.7 Å². The molecule has 7 heteroatoms. The lowest BCUT2D eigenvalue weighted by Crippen LogP contribution is -2.16. The van der Waals surface area contributed by atoms with Crippen molar-refractivity contribution >= 4 is 46.7 Å². The molecule has 3 rings (SSSR count). The van der Waals surface area contributed by atoms with Gasteiger partial charge in [-0.25, -0.2) is 4.68 Å². The lowest BCUT2D eigenvalue weighted by molar-refractivity contribution is -0.114. The van der Waals surface area contributed by atoms with Crippen LogP contribution in [0.5, 0.6) is 0 Å². The number of nitrogens with one attached hydrogen (secondary N) is 1. The summed E-state index contributed by atoms with van der Waals surface area (Å²) in [6.45, 7) is 0. The average molecular weight is 328 g/mol. The van der Waals surface area contributed by atoms with Gasteiger partial charge in [0.25, 0.3) is 0 Å². The predicted octanol–water partition coefficient (Wildman–Crippen LogP) is 3.45. The number of anilines is 1. The summed E-state index contributed by atoms with van der Waals surface area (Å²) in [6.07, 6.45) is 0. The van der Waals surface area contributed by atoms with Crippen LogP contribution in [0.3, 0.4) is 0 Å². The number of benzene rings is 1. The number of thioether (sulfide) groups is 1. The minimum Gasteiger partial charge on any atom is -0.309 e. The Hall–Kier alpha value is -1.17. The Morgan fingerprint density at radius 3 is 2.80 bits per heavy atom. The SMILES string of the molecule is O=C(CCl)Nc1c2c(nn1-c1ccc(Cl)cc1)CSC2. The summed E-state index contributed by atoms with van der Waals surface area (Å²) in [6, 6.07) is 7.33. The summed E-state index contributed by atoms with van der Waals surface area (Å²) in [7, 11) is 0. The summed E-state index contributed by atoms with van der Waals surface area (Å²) >= 11 is 13.3. The topological polar surface area (TPSA) is 46.9 Å². The van der Waals surface area contributed by atoms with E-state index < -0.39 is 0 Å². The lowest BCUT2D eigenvalue weighted by atomic mass is 10.2. The van der Waals surface area contributed by atoms with Gasteiger partial charge in [0.15, 0.2) is 0 Å². The first-order chi connectivity index (χ1) is 9.69. The molecule has 0 unspecified atom stereocenters. The van der Waals surface area contributed by atoms with Crippen molar-refractivity contribution < 1.29 is 4.79 Å².